The lowest BCUT2D eigenvalue weighted by Crippen LogP contribution is -2.32. The second-order valence-corrected chi connectivity index (χ2v) is 9.04. The van der Waals surface area contributed by atoms with Gasteiger partial charge in [0.2, 0.25) is 0 Å². The van der Waals surface area contributed by atoms with E-state index in [0.29, 0.717) is 23.6 Å². The molecule has 13 heteroatoms. The number of benzene rings is 3. The number of alkyl halides is 3. The lowest BCUT2D eigenvalue weighted by molar-refractivity contribution is -0.137. The molecule has 210 valence electrons. The van der Waals surface area contributed by atoms with Crippen molar-refractivity contribution in [3.05, 3.63) is 82.3 Å². The van der Waals surface area contributed by atoms with Crippen molar-refractivity contribution in [3.63, 3.8) is 0 Å². The number of carbonyl (C=O) groups excluding carboxylic acids is 3. The van der Waals surface area contributed by atoms with Crippen LogP contribution in [0.25, 0.3) is 0 Å². The van der Waals surface area contributed by atoms with Gasteiger partial charge in [0.25, 0.3) is 5.91 Å². The number of carbonyl (C=O) groups is 3. The molecule has 0 aliphatic carbocycles. The highest BCUT2D eigenvalue weighted by Gasteiger charge is 2.34. The quantitative estimate of drug-likeness (QED) is 0.160. The Hall–Kier alpha value is -4.39. The second kappa shape index (κ2) is 14.1. The molecule has 0 aliphatic heterocycles. The molecular weight excluding hydrogens is 597 g/mol. The number of halogens is 4. The normalized spacial score (nSPS) is 11.1. The van der Waals surface area contributed by atoms with Crippen molar-refractivity contribution < 1.29 is 37.0 Å². The summed E-state index contributed by atoms with van der Waals surface area (Å²) in [5.74, 6) is -1.75. The number of nitrogens with zero attached hydrogens (tertiary/aromatic N) is 1. The van der Waals surface area contributed by atoms with E-state index < -0.39 is 36.1 Å². The number of hydrazone groups is 1. The van der Waals surface area contributed by atoms with Crippen LogP contribution >= 0.6 is 15.9 Å². The summed E-state index contributed by atoms with van der Waals surface area (Å²) in [5.41, 5.74) is 1.68. The van der Waals surface area contributed by atoms with Crippen molar-refractivity contribution in [1.82, 2.24) is 5.43 Å². The van der Waals surface area contributed by atoms with Gasteiger partial charge >= 0.3 is 18.0 Å². The zero-order valence-corrected chi connectivity index (χ0v) is 22.6. The monoisotopic (exact) mass is 620 g/mol. The van der Waals surface area contributed by atoms with E-state index in [9.17, 15) is 27.6 Å². The molecule has 0 heterocycles. The number of anilines is 2. The molecule has 0 radical (unpaired) electrons. The molecule has 3 N–H and O–H groups in total. The topological polar surface area (TPSA) is 118 Å². The third-order valence-corrected chi connectivity index (χ3v) is 5.48. The SMILES string of the molecule is CCCOc1ccc(NC(=O)C(=O)N/N=C\c2ccc(OCC(=O)Nc3ccc(Br)cc3C(F)(F)F)cc2)cc1. The molecule has 3 aromatic rings. The highest BCUT2D eigenvalue weighted by molar-refractivity contribution is 9.10. The van der Waals surface area contributed by atoms with Gasteiger partial charge in [0.15, 0.2) is 6.61 Å². The van der Waals surface area contributed by atoms with Crippen LogP contribution in [0.2, 0.25) is 0 Å². The van der Waals surface area contributed by atoms with Crippen molar-refractivity contribution in [2.24, 2.45) is 5.10 Å². The fourth-order valence-corrected chi connectivity index (χ4v) is 3.46. The highest BCUT2D eigenvalue weighted by Crippen LogP contribution is 2.36. The maximum Gasteiger partial charge on any atom is 0.418 e. The van der Waals surface area contributed by atoms with Gasteiger partial charge in [0.05, 0.1) is 24.1 Å². The molecule has 0 spiro atoms. The van der Waals surface area contributed by atoms with Crippen molar-refractivity contribution in [3.8, 4) is 11.5 Å². The van der Waals surface area contributed by atoms with Crippen molar-refractivity contribution in [1.29, 1.82) is 0 Å². The standard InChI is InChI=1S/C27H24BrF3N4O5/c1-2-13-39-20-10-6-19(7-11-20)33-25(37)26(38)35-32-15-17-3-8-21(9-4-17)40-16-24(36)34-23-12-5-18(28)14-22(23)27(29,30)31/h3-12,14-15H,2,13,16H2,1H3,(H,33,37)(H,34,36)(H,35,38)/b32-15-. The molecule has 9 nitrogen and oxygen atoms in total. The van der Waals surface area contributed by atoms with E-state index in [0.717, 1.165) is 18.6 Å². The molecule has 40 heavy (non-hydrogen) atoms. The largest absolute Gasteiger partial charge is 0.494 e. The smallest absolute Gasteiger partial charge is 0.418 e. The van der Waals surface area contributed by atoms with E-state index in [1.807, 2.05) is 6.92 Å². The molecular formula is C27H24BrF3N4O5. The van der Waals surface area contributed by atoms with Crippen LogP contribution in [-0.2, 0) is 20.6 Å². The molecule has 0 saturated heterocycles. The van der Waals surface area contributed by atoms with Gasteiger partial charge in [0.1, 0.15) is 11.5 Å². The average molecular weight is 621 g/mol. The van der Waals surface area contributed by atoms with Crippen LogP contribution < -0.4 is 25.5 Å². The second-order valence-electron chi connectivity index (χ2n) is 8.12. The molecule has 0 unspecified atom stereocenters. The van der Waals surface area contributed by atoms with E-state index in [2.05, 4.69) is 37.1 Å². The Morgan fingerprint density at radius 2 is 1.55 bits per heavy atom. The zero-order valence-electron chi connectivity index (χ0n) is 21.0. The van der Waals surface area contributed by atoms with Gasteiger partial charge in [-0.05, 0) is 78.7 Å². The van der Waals surface area contributed by atoms with Crippen LogP contribution in [0.5, 0.6) is 11.5 Å². The van der Waals surface area contributed by atoms with E-state index in [1.165, 1.54) is 24.4 Å². The Morgan fingerprint density at radius 3 is 2.20 bits per heavy atom. The van der Waals surface area contributed by atoms with Gasteiger partial charge in [0, 0.05) is 10.2 Å². The maximum absolute atomic E-state index is 13.2. The maximum atomic E-state index is 13.2. The van der Waals surface area contributed by atoms with E-state index >= 15 is 0 Å². The molecule has 0 aromatic heterocycles. The van der Waals surface area contributed by atoms with Crippen molar-refractivity contribution in [2.45, 2.75) is 19.5 Å². The summed E-state index contributed by atoms with van der Waals surface area (Å²) in [7, 11) is 0. The highest BCUT2D eigenvalue weighted by atomic mass is 79.9. The van der Waals surface area contributed by atoms with Crippen molar-refractivity contribution in [2.75, 3.05) is 23.8 Å². The van der Waals surface area contributed by atoms with E-state index in [-0.39, 0.29) is 15.9 Å². The molecule has 0 aliphatic rings. The minimum absolute atomic E-state index is 0.222. The lowest BCUT2D eigenvalue weighted by atomic mass is 10.1. The van der Waals surface area contributed by atoms with Crippen LogP contribution in [-0.4, -0.2) is 37.1 Å². The minimum atomic E-state index is -4.65. The number of ether oxygens (including phenoxy) is 2. The fraction of sp³-hybridized carbons (Fsp3) is 0.185. The predicted molar refractivity (Wildman–Crippen MR) is 146 cm³/mol. The van der Waals surface area contributed by atoms with Gasteiger partial charge in [-0.1, -0.05) is 22.9 Å². The zero-order chi connectivity index (χ0) is 29.1. The fourth-order valence-electron chi connectivity index (χ4n) is 3.10. The summed E-state index contributed by atoms with van der Waals surface area (Å²) in [6.07, 6.45) is -2.50. The molecule has 0 saturated carbocycles. The number of hydrogen-bond donors (Lipinski definition) is 3. The van der Waals surface area contributed by atoms with Crippen LogP contribution in [0.3, 0.4) is 0 Å². The van der Waals surface area contributed by atoms with Gasteiger partial charge in [-0.2, -0.15) is 18.3 Å². The molecule has 0 atom stereocenters. The number of rotatable bonds is 10. The third-order valence-electron chi connectivity index (χ3n) is 4.98. The van der Waals surface area contributed by atoms with E-state index in [4.69, 9.17) is 9.47 Å². The van der Waals surface area contributed by atoms with Gasteiger partial charge in [-0.25, -0.2) is 5.43 Å². The molecule has 0 fully saturated rings. The Balaban J connectivity index is 1.45. The van der Waals surface area contributed by atoms with Gasteiger partial charge in [-0.15, -0.1) is 0 Å². The molecule has 3 amide bonds. The van der Waals surface area contributed by atoms with Crippen LogP contribution in [0.4, 0.5) is 24.5 Å². The van der Waals surface area contributed by atoms with E-state index in [1.54, 1.807) is 36.4 Å². The number of hydrogen-bond acceptors (Lipinski definition) is 6. The van der Waals surface area contributed by atoms with Crippen molar-refractivity contribution >= 4 is 51.2 Å². The minimum Gasteiger partial charge on any atom is -0.494 e. The van der Waals surface area contributed by atoms with Gasteiger partial charge in [-0.3, -0.25) is 14.4 Å². The third kappa shape index (κ3) is 9.42. The first-order valence-electron chi connectivity index (χ1n) is 11.8. The summed E-state index contributed by atoms with van der Waals surface area (Å²) in [5, 5.41) is 8.37. The Labute approximate surface area is 235 Å². The summed E-state index contributed by atoms with van der Waals surface area (Å²) in [6, 6.07) is 16.1. The molecule has 3 aromatic carbocycles. The van der Waals surface area contributed by atoms with Crippen LogP contribution in [0.15, 0.2) is 76.3 Å². The lowest BCUT2D eigenvalue weighted by Gasteiger charge is -2.14. The first-order chi connectivity index (χ1) is 19.0. The first kappa shape index (κ1) is 30.2. The number of nitrogens with one attached hydrogen (secondary N) is 3. The molecule has 3 rings (SSSR count). The predicted octanol–water partition coefficient (Wildman–Crippen LogP) is 5.36. The Bertz CT molecular complexity index is 1360. The van der Waals surface area contributed by atoms with Gasteiger partial charge < -0.3 is 20.1 Å². The summed E-state index contributed by atoms with van der Waals surface area (Å²) < 4.78 is 50.6. The average Bonchev–Trinajstić information content (AvgIpc) is 2.92. The molecule has 0 bridgehead atoms. The Kier molecular flexibility index (Phi) is 10.6. The first-order valence-corrected chi connectivity index (χ1v) is 12.6. The summed E-state index contributed by atoms with van der Waals surface area (Å²) in [6.45, 7) is 2.03. The summed E-state index contributed by atoms with van der Waals surface area (Å²) >= 11 is 2.98. The summed E-state index contributed by atoms with van der Waals surface area (Å²) in [4.78, 5) is 36.2. The van der Waals surface area contributed by atoms with Crippen LogP contribution in [0, 0.1) is 0 Å². The van der Waals surface area contributed by atoms with Crippen LogP contribution in [0.1, 0.15) is 24.5 Å². The number of amides is 3. The Morgan fingerprint density at radius 1 is 0.900 bits per heavy atom.